The largest absolute Gasteiger partial charge is 0.416 e. The van der Waals surface area contributed by atoms with Crippen LogP contribution in [0.4, 0.5) is 18.9 Å². The molecule has 0 heterocycles. The van der Waals surface area contributed by atoms with Crippen LogP contribution in [0.25, 0.3) is 0 Å². The van der Waals surface area contributed by atoms with Crippen LogP contribution in [-0.4, -0.2) is 50.5 Å². The molecule has 2 aromatic carbocycles. The Morgan fingerprint density at radius 2 is 1.75 bits per heavy atom. The van der Waals surface area contributed by atoms with Crippen LogP contribution >= 0.6 is 0 Å². The highest BCUT2D eigenvalue weighted by molar-refractivity contribution is 7.92. The minimum Gasteiger partial charge on any atom is -0.354 e. The van der Waals surface area contributed by atoms with Crippen LogP contribution in [0.1, 0.15) is 43.4 Å². The van der Waals surface area contributed by atoms with Crippen molar-refractivity contribution >= 4 is 27.5 Å². The van der Waals surface area contributed by atoms with Crippen LogP contribution in [0.15, 0.2) is 48.5 Å². The zero-order valence-electron chi connectivity index (χ0n) is 20.8. The molecule has 0 unspecified atom stereocenters. The Morgan fingerprint density at radius 3 is 2.33 bits per heavy atom. The summed E-state index contributed by atoms with van der Waals surface area (Å²) in [6, 6.07) is 10.1. The molecule has 2 amide bonds. The molecule has 36 heavy (non-hydrogen) atoms. The fourth-order valence-electron chi connectivity index (χ4n) is 3.58. The van der Waals surface area contributed by atoms with Crippen LogP contribution < -0.4 is 9.62 Å². The van der Waals surface area contributed by atoms with Gasteiger partial charge in [-0.3, -0.25) is 13.9 Å². The Kier molecular flexibility index (Phi) is 9.92. The Hall–Kier alpha value is -3.08. The molecule has 0 radical (unpaired) electrons. The highest BCUT2D eigenvalue weighted by atomic mass is 32.2. The van der Waals surface area contributed by atoms with Crippen molar-refractivity contribution in [1.29, 1.82) is 0 Å². The Bertz CT molecular complexity index is 1170. The predicted octanol–water partition coefficient (Wildman–Crippen LogP) is 4.11. The summed E-state index contributed by atoms with van der Waals surface area (Å²) in [4.78, 5) is 27.4. The van der Waals surface area contributed by atoms with E-state index in [1.54, 1.807) is 12.1 Å². The van der Waals surface area contributed by atoms with E-state index in [0.717, 1.165) is 42.4 Å². The predicted molar refractivity (Wildman–Crippen MR) is 133 cm³/mol. The van der Waals surface area contributed by atoms with Crippen molar-refractivity contribution in [2.75, 3.05) is 23.7 Å². The van der Waals surface area contributed by atoms with Crippen LogP contribution in [0.5, 0.6) is 0 Å². The molecular weight excluding hydrogens is 495 g/mol. The van der Waals surface area contributed by atoms with Gasteiger partial charge >= 0.3 is 6.18 Å². The summed E-state index contributed by atoms with van der Waals surface area (Å²) in [7, 11) is -4.13. The van der Waals surface area contributed by atoms with Crippen molar-refractivity contribution in [1.82, 2.24) is 10.2 Å². The van der Waals surface area contributed by atoms with Crippen LogP contribution in [0, 0.1) is 6.92 Å². The Balaban J connectivity index is 2.41. The third kappa shape index (κ3) is 8.25. The number of unbranched alkanes of at least 4 members (excludes halogenated alkanes) is 1. The maximum absolute atomic E-state index is 13.4. The molecule has 1 N–H and O–H groups in total. The molecule has 0 saturated carbocycles. The fraction of sp³-hybridized carbons (Fsp3) is 0.440. The number of anilines is 1. The molecule has 0 fully saturated rings. The van der Waals surface area contributed by atoms with Crippen LogP contribution in [0.3, 0.4) is 0 Å². The van der Waals surface area contributed by atoms with Crippen LogP contribution in [-0.2, 0) is 32.3 Å². The highest BCUT2D eigenvalue weighted by Crippen LogP contribution is 2.32. The van der Waals surface area contributed by atoms with Gasteiger partial charge in [0.2, 0.25) is 21.8 Å². The third-order valence-electron chi connectivity index (χ3n) is 5.57. The summed E-state index contributed by atoms with van der Waals surface area (Å²) in [5.74, 6) is -1.13. The van der Waals surface area contributed by atoms with E-state index in [0.29, 0.717) is 16.9 Å². The summed E-state index contributed by atoms with van der Waals surface area (Å²) >= 11 is 0. The van der Waals surface area contributed by atoms with Gasteiger partial charge in [-0.2, -0.15) is 13.2 Å². The third-order valence-corrected chi connectivity index (χ3v) is 6.71. The molecule has 0 saturated heterocycles. The van der Waals surface area contributed by atoms with Gasteiger partial charge < -0.3 is 10.2 Å². The first-order valence-corrected chi connectivity index (χ1v) is 13.4. The van der Waals surface area contributed by atoms with Crippen molar-refractivity contribution in [3.63, 3.8) is 0 Å². The smallest absolute Gasteiger partial charge is 0.354 e. The van der Waals surface area contributed by atoms with Crippen molar-refractivity contribution in [3.05, 3.63) is 65.2 Å². The number of halogens is 3. The molecule has 7 nitrogen and oxygen atoms in total. The number of rotatable bonds is 11. The normalized spacial score (nSPS) is 12.6. The highest BCUT2D eigenvalue weighted by Gasteiger charge is 2.33. The quantitative estimate of drug-likeness (QED) is 0.446. The number of nitrogens with one attached hydrogen (secondary N) is 1. The lowest BCUT2D eigenvalue weighted by molar-refractivity contribution is -0.139. The fourth-order valence-corrected chi connectivity index (χ4v) is 4.42. The van der Waals surface area contributed by atoms with Crippen LogP contribution in [0.2, 0.25) is 0 Å². The Morgan fingerprint density at radius 1 is 1.08 bits per heavy atom. The molecule has 0 spiro atoms. The second-order valence-electron chi connectivity index (χ2n) is 8.65. The number of amides is 2. The molecule has 1 atom stereocenters. The minimum absolute atomic E-state index is 0.0169. The first kappa shape index (κ1) is 29.2. The summed E-state index contributed by atoms with van der Waals surface area (Å²) in [6.45, 7) is 5.05. The van der Waals surface area contributed by atoms with Crippen molar-refractivity contribution in [2.24, 2.45) is 0 Å². The van der Waals surface area contributed by atoms with Gasteiger partial charge in [-0.1, -0.05) is 49.2 Å². The number of sulfonamides is 1. The maximum Gasteiger partial charge on any atom is 0.416 e. The van der Waals surface area contributed by atoms with Gasteiger partial charge in [0.1, 0.15) is 12.6 Å². The number of nitrogens with zero attached hydrogens (tertiary/aromatic N) is 2. The molecule has 198 valence electrons. The van der Waals surface area contributed by atoms with Gasteiger partial charge in [0.05, 0.1) is 17.5 Å². The average Bonchev–Trinajstić information content (AvgIpc) is 2.79. The SMILES string of the molecule is CCCCNC(=O)[C@H](C)N(Cc1cccc(C)c1)C(=O)CN(c1cccc(C(F)(F)F)c1)S(C)(=O)=O. The van der Waals surface area contributed by atoms with E-state index >= 15 is 0 Å². The zero-order chi connectivity index (χ0) is 27.1. The van der Waals surface area contributed by atoms with E-state index in [-0.39, 0.29) is 12.2 Å². The summed E-state index contributed by atoms with van der Waals surface area (Å²) in [6.07, 6.45) is -2.26. The molecule has 2 rings (SSSR count). The van der Waals surface area contributed by atoms with Gasteiger partial charge in [-0.15, -0.1) is 0 Å². The first-order chi connectivity index (χ1) is 16.7. The molecular formula is C25H32F3N3O4S. The number of carbonyl (C=O) groups excluding carboxylic acids is 2. The van der Waals surface area contributed by atoms with E-state index in [9.17, 15) is 31.2 Å². The van der Waals surface area contributed by atoms with Crippen molar-refractivity contribution in [3.8, 4) is 0 Å². The van der Waals surface area contributed by atoms with Crippen molar-refractivity contribution < 1.29 is 31.2 Å². The van der Waals surface area contributed by atoms with E-state index < -0.39 is 46.2 Å². The van der Waals surface area contributed by atoms with Gasteiger partial charge in [0.15, 0.2) is 0 Å². The second-order valence-corrected chi connectivity index (χ2v) is 10.6. The molecule has 0 aliphatic heterocycles. The summed E-state index contributed by atoms with van der Waals surface area (Å²) < 4.78 is 65.4. The number of benzene rings is 2. The number of hydrogen-bond acceptors (Lipinski definition) is 4. The standard InChI is InChI=1S/C25H32F3N3O4S/c1-5-6-13-29-24(33)19(3)30(16-20-10-7-9-18(2)14-20)23(32)17-31(36(4,34)35)22-12-8-11-21(15-22)25(26,27)28/h7-12,14-15,19H,5-6,13,16-17H2,1-4H3,(H,29,33)/t19-/m0/s1. The van der Waals surface area contributed by atoms with E-state index in [1.807, 2.05) is 26.0 Å². The van der Waals surface area contributed by atoms with Gasteiger partial charge in [0, 0.05) is 13.1 Å². The Labute approximate surface area is 210 Å². The maximum atomic E-state index is 13.4. The minimum atomic E-state index is -4.69. The molecule has 0 aliphatic rings. The average molecular weight is 528 g/mol. The number of carbonyl (C=O) groups is 2. The van der Waals surface area contributed by atoms with E-state index in [2.05, 4.69) is 5.32 Å². The zero-order valence-corrected chi connectivity index (χ0v) is 21.6. The lowest BCUT2D eigenvalue weighted by atomic mass is 10.1. The monoisotopic (exact) mass is 527 g/mol. The molecule has 0 aliphatic carbocycles. The van der Waals surface area contributed by atoms with Gasteiger partial charge in [-0.05, 0) is 44.0 Å². The second kappa shape index (κ2) is 12.2. The molecule has 2 aromatic rings. The molecule has 0 aromatic heterocycles. The van der Waals surface area contributed by atoms with E-state index in [4.69, 9.17) is 0 Å². The van der Waals surface area contributed by atoms with Gasteiger partial charge in [0.25, 0.3) is 0 Å². The van der Waals surface area contributed by atoms with E-state index in [1.165, 1.54) is 17.9 Å². The molecule has 11 heteroatoms. The lowest BCUT2D eigenvalue weighted by Gasteiger charge is -2.31. The number of alkyl halides is 3. The first-order valence-electron chi connectivity index (χ1n) is 11.5. The van der Waals surface area contributed by atoms with Crippen molar-refractivity contribution in [2.45, 2.75) is 52.4 Å². The lowest BCUT2D eigenvalue weighted by Crippen LogP contribution is -2.51. The summed E-state index contributed by atoms with van der Waals surface area (Å²) in [5, 5.41) is 2.77. The number of hydrogen-bond donors (Lipinski definition) is 1. The molecule has 0 bridgehead atoms. The number of aryl methyl sites for hydroxylation is 1. The topological polar surface area (TPSA) is 86.8 Å². The summed E-state index contributed by atoms with van der Waals surface area (Å²) in [5.41, 5.74) is 0.320. The van der Waals surface area contributed by atoms with Gasteiger partial charge in [-0.25, -0.2) is 8.42 Å².